The van der Waals surface area contributed by atoms with Crippen LogP contribution in [0.4, 0.5) is 0 Å². The van der Waals surface area contributed by atoms with E-state index in [4.69, 9.17) is 4.74 Å². The Labute approximate surface area is 166 Å². The first-order chi connectivity index (χ1) is 13.6. The molecule has 0 bridgehead atoms. The average Bonchev–Trinajstić information content (AvgIpc) is 2.71. The number of amides is 1. The molecule has 3 rings (SSSR count). The van der Waals surface area contributed by atoms with Crippen LogP contribution in [0.25, 0.3) is 0 Å². The smallest absolute Gasteiger partial charge is 0.241 e. The molecule has 7 nitrogen and oxygen atoms in total. The number of carbonyl (C=O) groups excluding carboxylic acids is 1. The first-order valence-corrected chi connectivity index (χ1v) is 10.0. The van der Waals surface area contributed by atoms with Gasteiger partial charge in [-0.2, -0.15) is 0 Å². The number of hydrogen-bond donors (Lipinski definition) is 0. The summed E-state index contributed by atoms with van der Waals surface area (Å²) >= 11 is 0. The minimum Gasteiger partial charge on any atom is -0.435 e. The lowest BCUT2D eigenvalue weighted by atomic mass is 9.94. The van der Waals surface area contributed by atoms with Gasteiger partial charge in [0, 0.05) is 44.1 Å². The Bertz CT molecular complexity index is 794. The fraction of sp³-hybridized carbons (Fsp3) is 0.524. The van der Waals surface area contributed by atoms with Crippen molar-refractivity contribution in [3.8, 4) is 11.6 Å². The summed E-state index contributed by atoms with van der Waals surface area (Å²) in [5.74, 6) is 1.60. The summed E-state index contributed by atoms with van der Waals surface area (Å²) in [6.07, 6.45) is 7.13. The van der Waals surface area contributed by atoms with E-state index in [1.54, 1.807) is 18.6 Å². The lowest BCUT2D eigenvalue weighted by molar-refractivity contribution is -0.132. The standard InChI is InChI=1S/C21H29N5O2/c1-4-26(5-2)19(27)15-25-13-7-8-17(14-25)20-21(24-12-11-23-20)28-18-9-6-10-22-16(18)3/h6,9-12,17H,4-5,7-8,13-15H2,1-3H3. The van der Waals surface area contributed by atoms with Gasteiger partial charge in [-0.15, -0.1) is 0 Å². The number of nitrogens with zero attached hydrogens (tertiary/aromatic N) is 5. The highest BCUT2D eigenvalue weighted by molar-refractivity contribution is 5.78. The monoisotopic (exact) mass is 383 g/mol. The molecular weight excluding hydrogens is 354 g/mol. The van der Waals surface area contributed by atoms with Crippen molar-refractivity contribution < 1.29 is 9.53 Å². The Hall–Kier alpha value is -2.54. The van der Waals surface area contributed by atoms with Crippen LogP contribution in [0.15, 0.2) is 30.7 Å². The molecule has 1 unspecified atom stereocenters. The molecule has 1 saturated heterocycles. The molecule has 1 amide bonds. The molecule has 1 aliphatic heterocycles. The molecule has 7 heteroatoms. The number of aromatic nitrogens is 3. The van der Waals surface area contributed by atoms with E-state index >= 15 is 0 Å². The molecule has 0 N–H and O–H groups in total. The van der Waals surface area contributed by atoms with Crippen molar-refractivity contribution in [1.82, 2.24) is 24.8 Å². The summed E-state index contributed by atoms with van der Waals surface area (Å²) in [7, 11) is 0. The fourth-order valence-electron chi connectivity index (χ4n) is 3.67. The molecule has 0 aromatic carbocycles. The SMILES string of the molecule is CCN(CC)C(=O)CN1CCCC(c2nccnc2Oc2cccnc2C)C1. The van der Waals surface area contributed by atoms with Gasteiger partial charge in [0.2, 0.25) is 11.8 Å². The largest absolute Gasteiger partial charge is 0.435 e. The van der Waals surface area contributed by atoms with Crippen LogP contribution in [0.3, 0.4) is 0 Å². The van der Waals surface area contributed by atoms with E-state index in [2.05, 4.69) is 19.9 Å². The minimum absolute atomic E-state index is 0.187. The highest BCUT2D eigenvalue weighted by atomic mass is 16.5. The molecule has 150 valence electrons. The third-order valence-electron chi connectivity index (χ3n) is 5.22. The Morgan fingerprint density at radius 1 is 1.21 bits per heavy atom. The molecule has 0 saturated carbocycles. The van der Waals surface area contributed by atoms with Crippen molar-refractivity contribution in [2.45, 2.75) is 39.5 Å². The number of likely N-dealkylation sites (tertiary alicyclic amines) is 1. The summed E-state index contributed by atoms with van der Waals surface area (Å²) < 4.78 is 6.05. The number of hydrogen-bond acceptors (Lipinski definition) is 6. The maximum atomic E-state index is 12.5. The zero-order valence-electron chi connectivity index (χ0n) is 17.0. The Morgan fingerprint density at radius 2 is 2.00 bits per heavy atom. The van der Waals surface area contributed by atoms with E-state index in [0.29, 0.717) is 18.2 Å². The molecule has 2 aromatic heterocycles. The van der Waals surface area contributed by atoms with Crippen molar-refractivity contribution in [1.29, 1.82) is 0 Å². The van der Waals surface area contributed by atoms with Gasteiger partial charge < -0.3 is 9.64 Å². The molecule has 2 aromatic rings. The van der Waals surface area contributed by atoms with E-state index in [9.17, 15) is 4.79 Å². The second-order valence-corrected chi connectivity index (χ2v) is 7.08. The summed E-state index contributed by atoms with van der Waals surface area (Å²) in [5, 5.41) is 0. The van der Waals surface area contributed by atoms with Gasteiger partial charge >= 0.3 is 0 Å². The van der Waals surface area contributed by atoms with Crippen LogP contribution in [0.1, 0.15) is 44.0 Å². The van der Waals surface area contributed by atoms with E-state index in [-0.39, 0.29) is 11.8 Å². The molecule has 0 spiro atoms. The number of ether oxygens (including phenoxy) is 1. The van der Waals surface area contributed by atoms with E-state index < -0.39 is 0 Å². The van der Waals surface area contributed by atoms with Crippen LogP contribution in [0, 0.1) is 6.92 Å². The summed E-state index contributed by atoms with van der Waals surface area (Å²) in [6, 6.07) is 3.73. The summed E-state index contributed by atoms with van der Waals surface area (Å²) in [5.41, 5.74) is 1.67. The predicted molar refractivity (Wildman–Crippen MR) is 107 cm³/mol. The third-order valence-corrected chi connectivity index (χ3v) is 5.22. The van der Waals surface area contributed by atoms with Crippen LogP contribution in [0.5, 0.6) is 11.6 Å². The number of likely N-dealkylation sites (N-methyl/N-ethyl adjacent to an activating group) is 1. The molecule has 1 atom stereocenters. The normalized spacial score (nSPS) is 17.3. The summed E-state index contributed by atoms with van der Waals surface area (Å²) in [6.45, 7) is 9.62. The van der Waals surface area contributed by atoms with Gasteiger partial charge in [0.1, 0.15) is 5.69 Å². The zero-order valence-corrected chi connectivity index (χ0v) is 17.0. The van der Waals surface area contributed by atoms with Crippen molar-refractivity contribution in [3.63, 3.8) is 0 Å². The number of aryl methyl sites for hydroxylation is 1. The van der Waals surface area contributed by atoms with Gasteiger partial charge in [0.05, 0.1) is 12.2 Å². The van der Waals surface area contributed by atoms with E-state index in [1.807, 2.05) is 37.8 Å². The van der Waals surface area contributed by atoms with Gasteiger partial charge in [-0.25, -0.2) is 4.98 Å². The molecular formula is C21H29N5O2. The maximum absolute atomic E-state index is 12.5. The van der Waals surface area contributed by atoms with Gasteiger partial charge in [-0.3, -0.25) is 19.7 Å². The first kappa shape index (κ1) is 20.2. The molecule has 28 heavy (non-hydrogen) atoms. The fourth-order valence-corrected chi connectivity index (χ4v) is 3.67. The Kier molecular flexibility index (Phi) is 6.92. The Balaban J connectivity index is 1.73. The molecule has 0 aliphatic carbocycles. The van der Waals surface area contributed by atoms with Crippen molar-refractivity contribution in [2.75, 3.05) is 32.7 Å². The topological polar surface area (TPSA) is 71.5 Å². The highest BCUT2D eigenvalue weighted by Crippen LogP contribution is 2.33. The van der Waals surface area contributed by atoms with Crippen LogP contribution < -0.4 is 4.74 Å². The molecule has 1 aliphatic rings. The van der Waals surface area contributed by atoms with Crippen molar-refractivity contribution >= 4 is 5.91 Å². The maximum Gasteiger partial charge on any atom is 0.241 e. The quantitative estimate of drug-likeness (QED) is 0.732. The second kappa shape index (κ2) is 9.59. The van der Waals surface area contributed by atoms with Gasteiger partial charge in [0.15, 0.2) is 5.75 Å². The van der Waals surface area contributed by atoms with Crippen LogP contribution in [-0.2, 0) is 4.79 Å². The van der Waals surface area contributed by atoms with Gasteiger partial charge in [-0.05, 0) is 52.3 Å². The zero-order chi connectivity index (χ0) is 19.9. The molecule has 0 radical (unpaired) electrons. The first-order valence-electron chi connectivity index (χ1n) is 10.0. The predicted octanol–water partition coefficient (Wildman–Crippen LogP) is 3.02. The number of rotatable bonds is 7. The van der Waals surface area contributed by atoms with Crippen molar-refractivity contribution in [2.24, 2.45) is 0 Å². The Morgan fingerprint density at radius 3 is 2.75 bits per heavy atom. The average molecular weight is 383 g/mol. The van der Waals surface area contributed by atoms with Crippen LogP contribution >= 0.6 is 0 Å². The lowest BCUT2D eigenvalue weighted by Crippen LogP contribution is -2.43. The minimum atomic E-state index is 0.187. The van der Waals surface area contributed by atoms with Crippen molar-refractivity contribution in [3.05, 3.63) is 42.1 Å². The summed E-state index contributed by atoms with van der Waals surface area (Å²) in [4.78, 5) is 29.9. The van der Waals surface area contributed by atoms with E-state index in [1.165, 1.54) is 0 Å². The van der Waals surface area contributed by atoms with Gasteiger partial charge in [0.25, 0.3) is 0 Å². The molecule has 1 fully saturated rings. The molecule has 3 heterocycles. The third kappa shape index (κ3) is 4.84. The van der Waals surface area contributed by atoms with E-state index in [0.717, 1.165) is 50.4 Å². The lowest BCUT2D eigenvalue weighted by Gasteiger charge is -2.33. The van der Waals surface area contributed by atoms with Crippen LogP contribution in [0.2, 0.25) is 0 Å². The highest BCUT2D eigenvalue weighted by Gasteiger charge is 2.27. The van der Waals surface area contributed by atoms with Gasteiger partial charge in [-0.1, -0.05) is 0 Å². The number of pyridine rings is 1. The number of carbonyl (C=O) groups is 1. The second-order valence-electron chi connectivity index (χ2n) is 7.08. The number of piperidine rings is 1. The van der Waals surface area contributed by atoms with Crippen LogP contribution in [-0.4, -0.2) is 63.4 Å².